The number of fused-ring (bicyclic) bond motifs is 2. The van der Waals surface area contributed by atoms with Crippen molar-refractivity contribution in [3.05, 3.63) is 12.7 Å². The Morgan fingerprint density at radius 1 is 0.957 bits per heavy atom. The molecule has 6 bridgehead atoms. The molecule has 6 aliphatic carbocycles. The summed E-state index contributed by atoms with van der Waals surface area (Å²) in [5.41, 5.74) is 0.123. The summed E-state index contributed by atoms with van der Waals surface area (Å²) in [5.74, 6) is 6.99. The molecule has 0 saturated heterocycles. The Morgan fingerprint density at radius 3 is 2.09 bits per heavy atom. The largest absolute Gasteiger partial charge is 0.346 e. The first-order chi connectivity index (χ1) is 11.1. The van der Waals surface area contributed by atoms with Crippen molar-refractivity contribution in [1.82, 2.24) is 5.32 Å². The highest BCUT2D eigenvalue weighted by Gasteiger charge is 2.64. The molecule has 0 heterocycles. The van der Waals surface area contributed by atoms with Crippen LogP contribution >= 0.6 is 0 Å². The van der Waals surface area contributed by atoms with E-state index in [4.69, 9.17) is 0 Å². The van der Waals surface area contributed by atoms with Crippen LogP contribution in [0.4, 0.5) is 0 Å². The van der Waals surface area contributed by atoms with Gasteiger partial charge in [0.1, 0.15) is 0 Å². The minimum atomic E-state index is 0.0910. The zero-order chi connectivity index (χ0) is 15.8. The fourth-order valence-electron chi connectivity index (χ4n) is 8.28. The Morgan fingerprint density at radius 2 is 1.61 bits per heavy atom. The van der Waals surface area contributed by atoms with Gasteiger partial charge < -0.3 is 5.32 Å². The normalized spacial score (nSPS) is 56.0. The van der Waals surface area contributed by atoms with Crippen LogP contribution in [0, 0.1) is 47.3 Å². The molecule has 0 aliphatic heterocycles. The van der Waals surface area contributed by atoms with Gasteiger partial charge in [-0.25, -0.2) is 0 Å². The van der Waals surface area contributed by atoms with Gasteiger partial charge in [-0.1, -0.05) is 13.5 Å². The highest BCUT2D eigenvalue weighted by molar-refractivity contribution is 5.87. The van der Waals surface area contributed by atoms with Crippen LogP contribution in [0.2, 0.25) is 0 Å². The molecule has 0 aromatic rings. The van der Waals surface area contributed by atoms with Gasteiger partial charge in [0.15, 0.2) is 0 Å². The molecular formula is C21H31NO. The third-order valence-corrected chi connectivity index (χ3v) is 8.84. The maximum Gasteiger partial charge on any atom is 0.243 e. The van der Waals surface area contributed by atoms with Crippen molar-refractivity contribution >= 4 is 5.91 Å². The van der Waals surface area contributed by atoms with E-state index in [0.717, 1.165) is 47.3 Å². The number of rotatable bonds is 3. The fourth-order valence-corrected chi connectivity index (χ4v) is 8.28. The number of nitrogens with one attached hydrogen (secondary N) is 1. The van der Waals surface area contributed by atoms with Crippen molar-refractivity contribution in [2.75, 3.05) is 0 Å². The van der Waals surface area contributed by atoms with Gasteiger partial charge >= 0.3 is 0 Å². The van der Waals surface area contributed by atoms with Crippen molar-refractivity contribution in [3.63, 3.8) is 0 Å². The van der Waals surface area contributed by atoms with Crippen LogP contribution in [-0.4, -0.2) is 11.4 Å². The summed E-state index contributed by atoms with van der Waals surface area (Å²) in [5, 5.41) is 3.61. The minimum Gasteiger partial charge on any atom is -0.346 e. The van der Waals surface area contributed by atoms with Gasteiger partial charge in [0, 0.05) is 5.54 Å². The van der Waals surface area contributed by atoms with Gasteiger partial charge in [-0.3, -0.25) is 4.79 Å². The average molecular weight is 313 g/mol. The molecule has 2 heteroatoms. The second-order valence-corrected chi connectivity index (χ2v) is 9.74. The van der Waals surface area contributed by atoms with Crippen LogP contribution in [0.15, 0.2) is 12.7 Å². The topological polar surface area (TPSA) is 29.1 Å². The number of hydrogen-bond acceptors (Lipinski definition) is 1. The van der Waals surface area contributed by atoms with Crippen LogP contribution in [0.1, 0.15) is 58.3 Å². The van der Waals surface area contributed by atoms with Crippen molar-refractivity contribution in [1.29, 1.82) is 0 Å². The monoisotopic (exact) mass is 313 g/mol. The SMILES string of the molecule is C=CC(=O)NC1(C2CC3CC2CC3C)C2CC3CC(C2)CC1C3. The third kappa shape index (κ3) is 1.90. The highest BCUT2D eigenvalue weighted by Crippen LogP contribution is 2.66. The summed E-state index contributed by atoms with van der Waals surface area (Å²) in [6.07, 6.45) is 12.8. The maximum atomic E-state index is 12.4. The van der Waals surface area contributed by atoms with Gasteiger partial charge in [-0.2, -0.15) is 0 Å². The molecule has 6 saturated carbocycles. The van der Waals surface area contributed by atoms with E-state index in [9.17, 15) is 4.79 Å². The Balaban J connectivity index is 1.53. The Labute approximate surface area is 140 Å². The molecule has 1 amide bonds. The number of carbonyl (C=O) groups is 1. The molecule has 126 valence electrons. The molecule has 4 unspecified atom stereocenters. The molecule has 1 N–H and O–H groups in total. The molecule has 23 heavy (non-hydrogen) atoms. The average Bonchev–Trinajstić information content (AvgIpc) is 3.09. The maximum absolute atomic E-state index is 12.4. The lowest BCUT2D eigenvalue weighted by Crippen LogP contribution is -2.70. The summed E-state index contributed by atoms with van der Waals surface area (Å²) in [6.45, 7) is 6.20. The molecular weight excluding hydrogens is 282 g/mol. The first-order valence-corrected chi connectivity index (χ1v) is 10.0. The van der Waals surface area contributed by atoms with E-state index in [1.54, 1.807) is 0 Å². The lowest BCUT2D eigenvalue weighted by molar-refractivity contribution is -0.138. The molecule has 0 spiro atoms. The van der Waals surface area contributed by atoms with Gasteiger partial charge in [-0.05, 0) is 105 Å². The summed E-state index contributed by atoms with van der Waals surface area (Å²) in [4.78, 5) is 12.4. The predicted molar refractivity (Wildman–Crippen MR) is 91.6 cm³/mol. The predicted octanol–water partition coefficient (Wildman–Crippen LogP) is 4.17. The molecule has 6 rings (SSSR count). The lowest BCUT2D eigenvalue weighted by atomic mass is 9.44. The van der Waals surface area contributed by atoms with Gasteiger partial charge in [0.2, 0.25) is 5.91 Å². The zero-order valence-corrected chi connectivity index (χ0v) is 14.5. The van der Waals surface area contributed by atoms with Gasteiger partial charge in [0.05, 0.1) is 0 Å². The molecule has 0 radical (unpaired) electrons. The van der Waals surface area contributed by atoms with Crippen LogP contribution in [-0.2, 0) is 4.79 Å². The van der Waals surface area contributed by atoms with Gasteiger partial charge in [0.25, 0.3) is 0 Å². The van der Waals surface area contributed by atoms with E-state index >= 15 is 0 Å². The van der Waals surface area contributed by atoms with Gasteiger partial charge in [-0.15, -0.1) is 0 Å². The standard InChI is InChI=1S/C21H31NO/c1-3-20(23)22-21(19-11-15-10-16(19)4-12(15)2)17-6-13-5-14(8-17)9-18(21)7-13/h3,12-19H,1,4-11H2,2H3,(H,22,23). The molecule has 0 aromatic heterocycles. The van der Waals surface area contributed by atoms with E-state index in [1.807, 2.05) is 0 Å². The Bertz CT molecular complexity index is 508. The molecule has 6 fully saturated rings. The zero-order valence-electron chi connectivity index (χ0n) is 14.5. The third-order valence-electron chi connectivity index (χ3n) is 8.84. The molecule has 4 atom stereocenters. The van der Waals surface area contributed by atoms with Crippen LogP contribution in [0.5, 0.6) is 0 Å². The van der Waals surface area contributed by atoms with Crippen molar-refractivity contribution in [3.8, 4) is 0 Å². The second kappa shape index (κ2) is 4.86. The smallest absolute Gasteiger partial charge is 0.243 e. The summed E-state index contributed by atoms with van der Waals surface area (Å²) < 4.78 is 0. The second-order valence-electron chi connectivity index (χ2n) is 9.74. The Kier molecular flexibility index (Phi) is 3.07. The minimum absolute atomic E-state index is 0.0910. The first kappa shape index (κ1) is 14.5. The van der Waals surface area contributed by atoms with E-state index in [1.165, 1.54) is 57.4 Å². The van der Waals surface area contributed by atoms with Crippen LogP contribution in [0.25, 0.3) is 0 Å². The first-order valence-electron chi connectivity index (χ1n) is 10.0. The number of hydrogen-bond donors (Lipinski definition) is 1. The number of carbonyl (C=O) groups excluding carboxylic acids is 1. The van der Waals surface area contributed by atoms with E-state index in [2.05, 4.69) is 18.8 Å². The summed E-state index contributed by atoms with van der Waals surface area (Å²) in [7, 11) is 0. The molecule has 0 aromatic carbocycles. The number of amides is 1. The van der Waals surface area contributed by atoms with Crippen molar-refractivity contribution < 1.29 is 4.79 Å². The quantitative estimate of drug-likeness (QED) is 0.779. The van der Waals surface area contributed by atoms with Crippen LogP contribution < -0.4 is 5.32 Å². The molecule has 6 aliphatic rings. The summed E-state index contributed by atoms with van der Waals surface area (Å²) in [6, 6.07) is 0. The fraction of sp³-hybridized carbons (Fsp3) is 0.857. The lowest BCUT2D eigenvalue weighted by Gasteiger charge is -2.64. The van der Waals surface area contributed by atoms with Crippen molar-refractivity contribution in [2.24, 2.45) is 47.3 Å². The van der Waals surface area contributed by atoms with E-state index < -0.39 is 0 Å². The highest BCUT2D eigenvalue weighted by atomic mass is 16.1. The van der Waals surface area contributed by atoms with E-state index in [-0.39, 0.29) is 11.4 Å². The van der Waals surface area contributed by atoms with Crippen LogP contribution in [0.3, 0.4) is 0 Å². The Hall–Kier alpha value is -0.790. The van der Waals surface area contributed by atoms with Crippen molar-refractivity contribution in [2.45, 2.75) is 63.8 Å². The van der Waals surface area contributed by atoms with E-state index in [0.29, 0.717) is 0 Å². The molecule has 2 nitrogen and oxygen atoms in total. The summed E-state index contributed by atoms with van der Waals surface area (Å²) >= 11 is 0.